The van der Waals surface area contributed by atoms with E-state index >= 15 is 0 Å². The molecule has 0 heterocycles. The first-order valence-corrected chi connectivity index (χ1v) is 6.52. The molecular formula is C12H24ClN. The fraction of sp³-hybridized carbons (Fsp3) is 1.00. The van der Waals surface area contributed by atoms with Crippen molar-refractivity contribution in [2.45, 2.75) is 39.0 Å². The lowest BCUT2D eigenvalue weighted by Crippen LogP contribution is -2.22. The van der Waals surface area contributed by atoms with E-state index in [2.05, 4.69) is 18.9 Å². The fourth-order valence-corrected chi connectivity index (χ4v) is 2.16. The van der Waals surface area contributed by atoms with Crippen LogP contribution in [0.1, 0.15) is 39.0 Å². The summed E-state index contributed by atoms with van der Waals surface area (Å²) >= 11 is 5.63. The first kappa shape index (κ1) is 12.3. The molecule has 1 fully saturated rings. The van der Waals surface area contributed by atoms with Crippen LogP contribution in [0.5, 0.6) is 0 Å². The summed E-state index contributed by atoms with van der Waals surface area (Å²) < 4.78 is 0. The van der Waals surface area contributed by atoms with Crippen LogP contribution in [0, 0.1) is 11.8 Å². The fourth-order valence-electron chi connectivity index (χ4n) is 1.97. The average Bonchev–Trinajstić information content (AvgIpc) is 2.81. The first-order valence-electron chi connectivity index (χ1n) is 5.98. The summed E-state index contributed by atoms with van der Waals surface area (Å²) in [7, 11) is 2.26. The van der Waals surface area contributed by atoms with Crippen molar-refractivity contribution in [1.29, 1.82) is 0 Å². The van der Waals surface area contributed by atoms with Gasteiger partial charge >= 0.3 is 0 Å². The maximum absolute atomic E-state index is 5.63. The standard InChI is InChI=1S/C12H24ClN/c1-11-9-12(11)10-14(2)8-6-4-3-5-7-13/h11-12H,3-10H2,1-2H3. The lowest BCUT2D eigenvalue weighted by Gasteiger charge is -2.15. The van der Waals surface area contributed by atoms with Gasteiger partial charge in [-0.1, -0.05) is 19.8 Å². The Morgan fingerprint density at radius 1 is 1.21 bits per heavy atom. The number of unbranched alkanes of at least 4 members (excludes halogenated alkanes) is 3. The number of rotatable bonds is 8. The van der Waals surface area contributed by atoms with Gasteiger partial charge in [0.1, 0.15) is 0 Å². The third-order valence-electron chi connectivity index (χ3n) is 3.25. The topological polar surface area (TPSA) is 3.24 Å². The van der Waals surface area contributed by atoms with Crippen LogP contribution in [0.15, 0.2) is 0 Å². The smallest absolute Gasteiger partial charge is 0.0223 e. The van der Waals surface area contributed by atoms with Gasteiger partial charge in [0.2, 0.25) is 0 Å². The molecule has 1 aliphatic rings. The molecule has 0 spiro atoms. The van der Waals surface area contributed by atoms with Crippen molar-refractivity contribution in [3.63, 3.8) is 0 Å². The van der Waals surface area contributed by atoms with Crippen molar-refractivity contribution in [1.82, 2.24) is 4.90 Å². The molecule has 2 unspecified atom stereocenters. The lowest BCUT2D eigenvalue weighted by molar-refractivity contribution is 0.306. The summed E-state index contributed by atoms with van der Waals surface area (Å²) in [5.74, 6) is 2.83. The van der Waals surface area contributed by atoms with Gasteiger partial charge in [-0.05, 0) is 44.7 Å². The zero-order chi connectivity index (χ0) is 10.4. The molecule has 0 saturated heterocycles. The second-order valence-corrected chi connectivity index (χ2v) is 5.22. The summed E-state index contributed by atoms with van der Waals surface area (Å²) in [6.07, 6.45) is 6.63. The summed E-state index contributed by atoms with van der Waals surface area (Å²) in [6.45, 7) is 4.95. The van der Waals surface area contributed by atoms with Crippen LogP contribution in [0.4, 0.5) is 0 Å². The molecule has 0 aromatic rings. The Bertz CT molecular complexity index is 149. The van der Waals surface area contributed by atoms with E-state index in [0.717, 1.165) is 17.7 Å². The molecule has 2 heteroatoms. The molecule has 0 bridgehead atoms. The van der Waals surface area contributed by atoms with Gasteiger partial charge in [-0.3, -0.25) is 0 Å². The van der Waals surface area contributed by atoms with Crippen LogP contribution in [0.3, 0.4) is 0 Å². The Hall–Kier alpha value is 0.250. The van der Waals surface area contributed by atoms with Crippen LogP contribution in [-0.4, -0.2) is 30.9 Å². The summed E-state index contributed by atoms with van der Waals surface area (Å²) in [4.78, 5) is 2.49. The Kier molecular flexibility index (Phi) is 5.88. The Labute approximate surface area is 93.8 Å². The molecule has 0 amide bonds. The van der Waals surface area contributed by atoms with Gasteiger partial charge in [-0.25, -0.2) is 0 Å². The largest absolute Gasteiger partial charge is 0.306 e. The number of nitrogens with zero attached hydrogens (tertiary/aromatic N) is 1. The van der Waals surface area contributed by atoms with Crippen molar-refractivity contribution in [2.24, 2.45) is 11.8 Å². The van der Waals surface area contributed by atoms with Gasteiger partial charge < -0.3 is 4.90 Å². The van der Waals surface area contributed by atoms with Crippen molar-refractivity contribution in [3.8, 4) is 0 Å². The lowest BCUT2D eigenvalue weighted by atomic mass is 10.2. The van der Waals surface area contributed by atoms with E-state index in [9.17, 15) is 0 Å². The van der Waals surface area contributed by atoms with Crippen LogP contribution in [-0.2, 0) is 0 Å². The van der Waals surface area contributed by atoms with Crippen LogP contribution < -0.4 is 0 Å². The molecule has 0 N–H and O–H groups in total. The highest BCUT2D eigenvalue weighted by Gasteiger charge is 2.32. The van der Waals surface area contributed by atoms with Gasteiger partial charge in [0.15, 0.2) is 0 Å². The minimum atomic E-state index is 0.829. The predicted molar refractivity (Wildman–Crippen MR) is 64.0 cm³/mol. The molecule has 0 aromatic carbocycles. The normalized spacial score (nSPS) is 25.7. The highest BCUT2D eigenvalue weighted by molar-refractivity contribution is 6.17. The molecule has 0 aliphatic heterocycles. The Morgan fingerprint density at radius 2 is 1.86 bits per heavy atom. The summed E-state index contributed by atoms with van der Waals surface area (Å²) in [5, 5.41) is 0. The molecule has 1 nitrogen and oxygen atoms in total. The first-order chi connectivity index (χ1) is 6.74. The SMILES string of the molecule is CC1CC1CN(C)CCCCCCCl. The number of alkyl halides is 1. The molecule has 84 valence electrons. The Balaban J connectivity index is 1.85. The Morgan fingerprint density at radius 3 is 2.43 bits per heavy atom. The average molecular weight is 218 g/mol. The third-order valence-corrected chi connectivity index (χ3v) is 3.51. The number of halogens is 1. The monoisotopic (exact) mass is 217 g/mol. The van der Waals surface area contributed by atoms with E-state index in [4.69, 9.17) is 11.6 Å². The zero-order valence-electron chi connectivity index (χ0n) is 9.64. The molecule has 14 heavy (non-hydrogen) atoms. The molecule has 1 rings (SSSR count). The predicted octanol–water partition coefficient (Wildman–Crippen LogP) is 3.37. The van der Waals surface area contributed by atoms with Crippen molar-refractivity contribution in [3.05, 3.63) is 0 Å². The quantitative estimate of drug-likeness (QED) is 0.445. The minimum Gasteiger partial charge on any atom is -0.306 e. The van der Waals surface area contributed by atoms with Gasteiger partial charge in [-0.15, -0.1) is 11.6 Å². The number of hydrogen-bond acceptors (Lipinski definition) is 1. The van der Waals surface area contributed by atoms with E-state index in [1.807, 2.05) is 0 Å². The van der Waals surface area contributed by atoms with Gasteiger partial charge in [-0.2, -0.15) is 0 Å². The van der Waals surface area contributed by atoms with Crippen molar-refractivity contribution in [2.75, 3.05) is 26.0 Å². The van der Waals surface area contributed by atoms with Gasteiger partial charge in [0, 0.05) is 12.4 Å². The summed E-state index contributed by atoms with van der Waals surface area (Å²) in [5.41, 5.74) is 0. The molecule has 0 aromatic heterocycles. The molecular weight excluding hydrogens is 194 g/mol. The molecule has 0 radical (unpaired) electrons. The van der Waals surface area contributed by atoms with E-state index in [-0.39, 0.29) is 0 Å². The van der Waals surface area contributed by atoms with E-state index in [1.54, 1.807) is 0 Å². The highest BCUT2D eigenvalue weighted by Crippen LogP contribution is 2.37. The van der Waals surface area contributed by atoms with Crippen LogP contribution in [0.2, 0.25) is 0 Å². The van der Waals surface area contributed by atoms with E-state index < -0.39 is 0 Å². The highest BCUT2D eigenvalue weighted by atomic mass is 35.5. The molecule has 1 aliphatic carbocycles. The second kappa shape index (κ2) is 6.68. The number of hydrogen-bond donors (Lipinski definition) is 0. The molecule has 1 saturated carbocycles. The summed E-state index contributed by atoms with van der Waals surface area (Å²) in [6, 6.07) is 0. The van der Waals surface area contributed by atoms with Crippen LogP contribution >= 0.6 is 11.6 Å². The zero-order valence-corrected chi connectivity index (χ0v) is 10.4. The molecule has 2 atom stereocenters. The van der Waals surface area contributed by atoms with Gasteiger partial charge in [0.25, 0.3) is 0 Å². The van der Waals surface area contributed by atoms with E-state index in [1.165, 1.54) is 45.2 Å². The van der Waals surface area contributed by atoms with Crippen molar-refractivity contribution < 1.29 is 0 Å². The van der Waals surface area contributed by atoms with Gasteiger partial charge in [0.05, 0.1) is 0 Å². The second-order valence-electron chi connectivity index (χ2n) is 4.84. The minimum absolute atomic E-state index is 0.829. The van der Waals surface area contributed by atoms with Crippen molar-refractivity contribution >= 4 is 11.6 Å². The maximum Gasteiger partial charge on any atom is 0.0223 e. The third kappa shape index (κ3) is 5.21. The maximum atomic E-state index is 5.63. The van der Waals surface area contributed by atoms with Crippen LogP contribution in [0.25, 0.3) is 0 Å². The van der Waals surface area contributed by atoms with E-state index in [0.29, 0.717) is 0 Å².